The first-order chi connectivity index (χ1) is 9.04. The zero-order chi connectivity index (χ0) is 14.3. The van der Waals surface area contributed by atoms with E-state index in [0.717, 1.165) is 42.5 Å². The van der Waals surface area contributed by atoms with Crippen molar-refractivity contribution in [2.75, 3.05) is 33.8 Å². The van der Waals surface area contributed by atoms with Gasteiger partial charge >= 0.3 is 0 Å². The number of rotatable bonds is 8. The van der Waals surface area contributed by atoms with Crippen LogP contribution in [0, 0.1) is 0 Å². The Labute approximate surface area is 121 Å². The third-order valence-corrected chi connectivity index (χ3v) is 3.29. The lowest BCUT2D eigenvalue weighted by Crippen LogP contribution is -2.18. The molecule has 19 heavy (non-hydrogen) atoms. The van der Waals surface area contributed by atoms with Crippen molar-refractivity contribution in [1.29, 1.82) is 0 Å². The molecule has 0 amide bonds. The summed E-state index contributed by atoms with van der Waals surface area (Å²) in [5.41, 5.74) is 1.11. The van der Waals surface area contributed by atoms with Gasteiger partial charge in [-0.25, -0.2) is 0 Å². The molecule has 1 rings (SSSR count). The van der Waals surface area contributed by atoms with Crippen LogP contribution in [0.25, 0.3) is 0 Å². The summed E-state index contributed by atoms with van der Waals surface area (Å²) in [4.78, 5) is 2.15. The molecule has 1 unspecified atom stereocenters. The van der Waals surface area contributed by atoms with Crippen molar-refractivity contribution in [3.63, 3.8) is 0 Å². The fraction of sp³-hybridized carbons (Fsp3) is 0.600. The van der Waals surface area contributed by atoms with Gasteiger partial charge in [-0.1, -0.05) is 24.6 Å². The summed E-state index contributed by atoms with van der Waals surface area (Å²) in [5, 5.41) is 4.12. The average molecular weight is 285 g/mol. The molecule has 0 saturated carbocycles. The number of ether oxygens (including phenoxy) is 1. The van der Waals surface area contributed by atoms with Crippen LogP contribution in [0.15, 0.2) is 18.2 Å². The van der Waals surface area contributed by atoms with Crippen LogP contribution in [0.2, 0.25) is 5.02 Å². The van der Waals surface area contributed by atoms with Crippen LogP contribution < -0.4 is 10.1 Å². The van der Waals surface area contributed by atoms with Crippen molar-refractivity contribution in [1.82, 2.24) is 10.2 Å². The molecular weight excluding hydrogens is 260 g/mol. The molecule has 1 N–H and O–H groups in total. The summed E-state index contributed by atoms with van der Waals surface area (Å²) in [6.07, 6.45) is 1.01. The summed E-state index contributed by atoms with van der Waals surface area (Å²) in [6.45, 7) is 6.88. The molecule has 108 valence electrons. The largest absolute Gasteiger partial charge is 0.493 e. The van der Waals surface area contributed by atoms with Gasteiger partial charge in [-0.15, -0.1) is 0 Å². The molecular formula is C15H25ClN2O. The van der Waals surface area contributed by atoms with E-state index in [1.165, 1.54) is 0 Å². The summed E-state index contributed by atoms with van der Waals surface area (Å²) in [7, 11) is 4.13. The molecule has 1 aromatic carbocycles. The first kappa shape index (κ1) is 16.3. The van der Waals surface area contributed by atoms with Crippen LogP contribution in [0.5, 0.6) is 5.75 Å². The highest BCUT2D eigenvalue weighted by molar-refractivity contribution is 6.31. The molecule has 0 saturated heterocycles. The molecule has 0 spiro atoms. The topological polar surface area (TPSA) is 24.5 Å². The fourth-order valence-corrected chi connectivity index (χ4v) is 2.27. The first-order valence-electron chi connectivity index (χ1n) is 6.85. The lowest BCUT2D eigenvalue weighted by atomic mass is 10.1. The Balaban J connectivity index is 2.52. The van der Waals surface area contributed by atoms with Crippen molar-refractivity contribution >= 4 is 11.6 Å². The maximum atomic E-state index is 6.30. The molecule has 0 aromatic heterocycles. The Morgan fingerprint density at radius 2 is 2.11 bits per heavy atom. The lowest BCUT2D eigenvalue weighted by Gasteiger charge is -2.16. The Morgan fingerprint density at radius 1 is 1.37 bits per heavy atom. The normalized spacial score (nSPS) is 12.7. The standard InChI is InChI=1S/C15H25ClN2O/c1-5-17-12(2)14-8-7-13(11-15(14)16)19-10-6-9-18(3)4/h7-8,11-12,17H,5-6,9-10H2,1-4H3. The Morgan fingerprint density at radius 3 is 2.68 bits per heavy atom. The molecule has 0 fully saturated rings. The molecule has 0 heterocycles. The van der Waals surface area contributed by atoms with Crippen LogP contribution in [0.1, 0.15) is 31.9 Å². The molecule has 1 atom stereocenters. The van der Waals surface area contributed by atoms with Gasteiger partial charge in [-0.05, 0) is 51.7 Å². The minimum absolute atomic E-state index is 0.264. The van der Waals surface area contributed by atoms with E-state index < -0.39 is 0 Å². The van der Waals surface area contributed by atoms with E-state index in [2.05, 4.69) is 38.2 Å². The Bertz CT molecular complexity index is 382. The van der Waals surface area contributed by atoms with Gasteiger partial charge in [0, 0.05) is 17.6 Å². The molecule has 0 radical (unpaired) electrons. The molecule has 0 aliphatic rings. The van der Waals surface area contributed by atoms with E-state index in [1.54, 1.807) is 0 Å². The summed E-state index contributed by atoms with van der Waals surface area (Å²) < 4.78 is 5.70. The number of halogens is 1. The van der Waals surface area contributed by atoms with Crippen molar-refractivity contribution in [2.24, 2.45) is 0 Å². The van der Waals surface area contributed by atoms with Gasteiger partial charge in [-0.2, -0.15) is 0 Å². The smallest absolute Gasteiger partial charge is 0.120 e. The molecule has 0 aliphatic carbocycles. The van der Waals surface area contributed by atoms with Gasteiger partial charge in [0.2, 0.25) is 0 Å². The predicted molar refractivity (Wildman–Crippen MR) is 82.2 cm³/mol. The van der Waals surface area contributed by atoms with Gasteiger partial charge < -0.3 is 15.0 Å². The Kier molecular flexibility index (Phi) is 7.21. The number of hydrogen-bond acceptors (Lipinski definition) is 3. The van der Waals surface area contributed by atoms with Crippen LogP contribution in [-0.2, 0) is 0 Å². The fourth-order valence-electron chi connectivity index (χ4n) is 1.94. The van der Waals surface area contributed by atoms with E-state index in [0.29, 0.717) is 0 Å². The lowest BCUT2D eigenvalue weighted by molar-refractivity contribution is 0.281. The van der Waals surface area contributed by atoms with Crippen molar-refractivity contribution < 1.29 is 4.74 Å². The highest BCUT2D eigenvalue weighted by atomic mass is 35.5. The second-order valence-corrected chi connectivity index (χ2v) is 5.38. The van der Waals surface area contributed by atoms with Crippen LogP contribution in [0.3, 0.4) is 0 Å². The maximum absolute atomic E-state index is 6.30. The van der Waals surface area contributed by atoms with Gasteiger partial charge in [0.1, 0.15) is 5.75 Å². The van der Waals surface area contributed by atoms with Crippen molar-refractivity contribution in [3.8, 4) is 5.75 Å². The molecule has 1 aromatic rings. The number of nitrogens with one attached hydrogen (secondary N) is 1. The zero-order valence-electron chi connectivity index (χ0n) is 12.4. The molecule has 4 heteroatoms. The predicted octanol–water partition coefficient (Wildman–Crippen LogP) is 3.34. The molecule has 3 nitrogen and oxygen atoms in total. The van der Waals surface area contributed by atoms with Crippen LogP contribution >= 0.6 is 11.6 Å². The van der Waals surface area contributed by atoms with Gasteiger partial charge in [-0.3, -0.25) is 0 Å². The molecule has 0 bridgehead atoms. The third kappa shape index (κ3) is 5.81. The molecule has 0 aliphatic heterocycles. The number of hydrogen-bond donors (Lipinski definition) is 1. The van der Waals surface area contributed by atoms with Crippen molar-refractivity contribution in [3.05, 3.63) is 28.8 Å². The SMILES string of the molecule is CCNC(C)c1ccc(OCCCN(C)C)cc1Cl. The Hall–Kier alpha value is -0.770. The first-order valence-corrected chi connectivity index (χ1v) is 7.22. The zero-order valence-corrected chi connectivity index (χ0v) is 13.1. The minimum Gasteiger partial charge on any atom is -0.493 e. The van der Waals surface area contributed by atoms with E-state index in [-0.39, 0.29) is 6.04 Å². The van der Waals surface area contributed by atoms with Crippen molar-refractivity contribution in [2.45, 2.75) is 26.3 Å². The van der Waals surface area contributed by atoms with E-state index >= 15 is 0 Å². The number of benzene rings is 1. The van der Waals surface area contributed by atoms with Gasteiger partial charge in [0.05, 0.1) is 6.61 Å². The minimum atomic E-state index is 0.264. The maximum Gasteiger partial charge on any atom is 0.120 e. The second-order valence-electron chi connectivity index (χ2n) is 4.97. The monoisotopic (exact) mass is 284 g/mol. The average Bonchev–Trinajstić information content (AvgIpc) is 2.34. The van der Waals surface area contributed by atoms with E-state index in [4.69, 9.17) is 16.3 Å². The third-order valence-electron chi connectivity index (χ3n) is 2.97. The summed E-state index contributed by atoms with van der Waals surface area (Å²) >= 11 is 6.30. The van der Waals surface area contributed by atoms with E-state index in [1.807, 2.05) is 18.2 Å². The van der Waals surface area contributed by atoms with Gasteiger partial charge in [0.25, 0.3) is 0 Å². The quantitative estimate of drug-likeness (QED) is 0.741. The van der Waals surface area contributed by atoms with Crippen LogP contribution in [-0.4, -0.2) is 38.7 Å². The highest BCUT2D eigenvalue weighted by Gasteiger charge is 2.09. The summed E-state index contributed by atoms with van der Waals surface area (Å²) in [5.74, 6) is 0.844. The van der Waals surface area contributed by atoms with Gasteiger partial charge in [0.15, 0.2) is 0 Å². The highest BCUT2D eigenvalue weighted by Crippen LogP contribution is 2.27. The summed E-state index contributed by atoms with van der Waals surface area (Å²) in [6, 6.07) is 6.20. The number of nitrogens with zero attached hydrogens (tertiary/aromatic N) is 1. The van der Waals surface area contributed by atoms with E-state index in [9.17, 15) is 0 Å². The van der Waals surface area contributed by atoms with Crippen LogP contribution in [0.4, 0.5) is 0 Å². The second kappa shape index (κ2) is 8.41.